The molecule has 0 aliphatic heterocycles. The maximum absolute atomic E-state index is 11.0. The van der Waals surface area contributed by atoms with E-state index in [4.69, 9.17) is 10.2 Å². The number of carboxylic acid groups (broad SMARTS) is 2. The van der Waals surface area contributed by atoms with Crippen molar-refractivity contribution in [3.63, 3.8) is 0 Å². The highest BCUT2D eigenvalue weighted by atomic mass is 16.4. The predicted octanol–water partition coefficient (Wildman–Crippen LogP) is 1.91. The summed E-state index contributed by atoms with van der Waals surface area (Å²) in [4.78, 5) is 21.9. The zero-order chi connectivity index (χ0) is 11.4. The quantitative estimate of drug-likeness (QED) is 0.507. The molecule has 0 atom stereocenters. The Kier molecular flexibility index (Phi) is 4.34. The van der Waals surface area contributed by atoms with E-state index in [9.17, 15) is 9.59 Å². The number of carboxylic acids is 2. The minimum atomic E-state index is -1.81. The van der Waals surface area contributed by atoms with Crippen molar-refractivity contribution in [2.75, 3.05) is 0 Å². The molecule has 0 aliphatic rings. The summed E-state index contributed by atoms with van der Waals surface area (Å²) in [7, 11) is 0. The molecule has 0 saturated heterocycles. The molecule has 0 heterocycles. The van der Waals surface area contributed by atoms with E-state index >= 15 is 0 Å². The summed E-state index contributed by atoms with van der Waals surface area (Å²) in [5, 5.41) is 17.9. The molecule has 0 saturated carbocycles. The van der Waals surface area contributed by atoms with Gasteiger partial charge in [-0.15, -0.1) is 0 Å². The molecule has 2 N–H and O–H groups in total. The van der Waals surface area contributed by atoms with Crippen LogP contribution in [0.4, 0.5) is 0 Å². The van der Waals surface area contributed by atoms with E-state index in [1.807, 2.05) is 6.92 Å². The van der Waals surface area contributed by atoms with Crippen LogP contribution in [0.3, 0.4) is 0 Å². The SMILES string of the molecule is C=C(CCC)C(CC)(C(=O)O)C(=O)O. The maximum Gasteiger partial charge on any atom is 0.325 e. The largest absolute Gasteiger partial charge is 0.480 e. The van der Waals surface area contributed by atoms with Gasteiger partial charge in [0.25, 0.3) is 0 Å². The van der Waals surface area contributed by atoms with Crippen LogP contribution in [0.2, 0.25) is 0 Å². The van der Waals surface area contributed by atoms with Crippen LogP contribution in [0, 0.1) is 5.41 Å². The van der Waals surface area contributed by atoms with Crippen LogP contribution in [0.1, 0.15) is 33.1 Å². The topological polar surface area (TPSA) is 74.6 Å². The molecule has 0 radical (unpaired) electrons. The number of carbonyl (C=O) groups is 2. The normalized spacial score (nSPS) is 11.0. The molecule has 80 valence electrons. The van der Waals surface area contributed by atoms with Crippen molar-refractivity contribution >= 4 is 11.9 Å². The van der Waals surface area contributed by atoms with Crippen molar-refractivity contribution in [1.82, 2.24) is 0 Å². The van der Waals surface area contributed by atoms with Gasteiger partial charge in [0.2, 0.25) is 0 Å². The Labute approximate surface area is 83.2 Å². The number of aliphatic carboxylic acids is 2. The lowest BCUT2D eigenvalue weighted by atomic mass is 9.76. The molecule has 0 fully saturated rings. The lowest BCUT2D eigenvalue weighted by Crippen LogP contribution is -2.40. The van der Waals surface area contributed by atoms with Gasteiger partial charge >= 0.3 is 11.9 Å². The van der Waals surface area contributed by atoms with Crippen molar-refractivity contribution in [3.8, 4) is 0 Å². The van der Waals surface area contributed by atoms with Crippen molar-refractivity contribution in [2.45, 2.75) is 33.1 Å². The van der Waals surface area contributed by atoms with Crippen LogP contribution in [-0.2, 0) is 9.59 Å². The van der Waals surface area contributed by atoms with Gasteiger partial charge < -0.3 is 10.2 Å². The third kappa shape index (κ3) is 1.95. The summed E-state index contributed by atoms with van der Waals surface area (Å²) in [6, 6.07) is 0. The highest BCUT2D eigenvalue weighted by molar-refractivity contribution is 6.01. The van der Waals surface area contributed by atoms with Gasteiger partial charge in [0.1, 0.15) is 0 Å². The summed E-state index contributed by atoms with van der Waals surface area (Å²) in [6.45, 7) is 6.97. The monoisotopic (exact) mass is 200 g/mol. The Bertz CT molecular complexity index is 241. The third-order valence-electron chi connectivity index (χ3n) is 2.42. The highest BCUT2D eigenvalue weighted by Crippen LogP contribution is 2.33. The lowest BCUT2D eigenvalue weighted by molar-refractivity contribution is -0.161. The lowest BCUT2D eigenvalue weighted by Gasteiger charge is -2.25. The minimum absolute atomic E-state index is 0.0243. The van der Waals surface area contributed by atoms with Gasteiger partial charge in [0.05, 0.1) is 0 Å². The highest BCUT2D eigenvalue weighted by Gasteiger charge is 2.46. The number of hydrogen-bond acceptors (Lipinski definition) is 2. The third-order valence-corrected chi connectivity index (χ3v) is 2.42. The predicted molar refractivity (Wildman–Crippen MR) is 52.0 cm³/mol. The second-order valence-electron chi connectivity index (χ2n) is 3.22. The van der Waals surface area contributed by atoms with E-state index < -0.39 is 17.4 Å². The Morgan fingerprint density at radius 3 is 1.86 bits per heavy atom. The molecule has 14 heavy (non-hydrogen) atoms. The van der Waals surface area contributed by atoms with E-state index in [1.165, 1.54) is 0 Å². The van der Waals surface area contributed by atoms with Crippen LogP contribution in [-0.4, -0.2) is 22.2 Å². The van der Waals surface area contributed by atoms with Gasteiger partial charge in [-0.3, -0.25) is 9.59 Å². The van der Waals surface area contributed by atoms with Crippen molar-refractivity contribution in [1.29, 1.82) is 0 Å². The van der Waals surface area contributed by atoms with Crippen LogP contribution in [0.15, 0.2) is 12.2 Å². The molecule has 0 spiro atoms. The molecule has 0 aromatic rings. The first kappa shape index (κ1) is 12.7. The Morgan fingerprint density at radius 1 is 1.21 bits per heavy atom. The Balaban J connectivity index is 5.14. The summed E-state index contributed by atoms with van der Waals surface area (Å²) in [6.07, 6.45) is 1.14. The molecule has 0 bridgehead atoms. The number of hydrogen-bond donors (Lipinski definition) is 2. The first-order valence-electron chi connectivity index (χ1n) is 4.58. The van der Waals surface area contributed by atoms with E-state index in [1.54, 1.807) is 6.92 Å². The molecular weight excluding hydrogens is 184 g/mol. The maximum atomic E-state index is 11.0. The standard InChI is InChI=1S/C10H16O4/c1-4-6-7(3)10(5-2,8(11)12)9(13)14/h3-6H2,1-2H3,(H,11,12)(H,13,14). The summed E-state index contributed by atoms with van der Waals surface area (Å²) in [5.74, 6) is -2.66. The average molecular weight is 200 g/mol. The zero-order valence-electron chi connectivity index (χ0n) is 8.54. The Morgan fingerprint density at radius 2 is 1.64 bits per heavy atom. The molecule has 0 aromatic carbocycles. The molecule has 0 aliphatic carbocycles. The fourth-order valence-electron chi connectivity index (χ4n) is 1.46. The second-order valence-corrected chi connectivity index (χ2v) is 3.22. The molecule has 4 nitrogen and oxygen atoms in total. The minimum Gasteiger partial charge on any atom is -0.480 e. The summed E-state index contributed by atoms with van der Waals surface area (Å²) >= 11 is 0. The van der Waals surface area contributed by atoms with Crippen molar-refractivity contribution in [3.05, 3.63) is 12.2 Å². The summed E-state index contributed by atoms with van der Waals surface area (Å²) in [5.41, 5.74) is -1.54. The van der Waals surface area contributed by atoms with E-state index in [-0.39, 0.29) is 12.0 Å². The first-order valence-corrected chi connectivity index (χ1v) is 4.58. The van der Waals surface area contributed by atoms with Gasteiger partial charge in [-0.1, -0.05) is 26.8 Å². The molecule has 0 amide bonds. The van der Waals surface area contributed by atoms with E-state index in [2.05, 4.69) is 6.58 Å². The van der Waals surface area contributed by atoms with Gasteiger partial charge in [-0.05, 0) is 18.4 Å². The first-order chi connectivity index (χ1) is 6.43. The summed E-state index contributed by atoms with van der Waals surface area (Å²) < 4.78 is 0. The van der Waals surface area contributed by atoms with Gasteiger partial charge in [0, 0.05) is 0 Å². The smallest absolute Gasteiger partial charge is 0.325 e. The van der Waals surface area contributed by atoms with Gasteiger partial charge in [0.15, 0.2) is 5.41 Å². The van der Waals surface area contributed by atoms with Crippen molar-refractivity contribution < 1.29 is 19.8 Å². The second kappa shape index (κ2) is 4.79. The van der Waals surface area contributed by atoms with Gasteiger partial charge in [-0.25, -0.2) is 0 Å². The van der Waals surface area contributed by atoms with Crippen LogP contribution in [0.25, 0.3) is 0 Å². The molecule has 0 unspecified atom stereocenters. The van der Waals surface area contributed by atoms with Crippen LogP contribution >= 0.6 is 0 Å². The van der Waals surface area contributed by atoms with E-state index in [0.29, 0.717) is 12.8 Å². The zero-order valence-corrected chi connectivity index (χ0v) is 8.54. The molecule has 0 rings (SSSR count). The fourth-order valence-corrected chi connectivity index (χ4v) is 1.46. The average Bonchev–Trinajstić information content (AvgIpc) is 2.05. The van der Waals surface area contributed by atoms with E-state index in [0.717, 1.165) is 0 Å². The van der Waals surface area contributed by atoms with Crippen molar-refractivity contribution in [2.24, 2.45) is 5.41 Å². The Hall–Kier alpha value is -1.32. The number of rotatable bonds is 6. The molecular formula is C10H16O4. The van der Waals surface area contributed by atoms with Crippen LogP contribution < -0.4 is 0 Å². The molecule has 0 aromatic heterocycles. The van der Waals surface area contributed by atoms with Crippen LogP contribution in [0.5, 0.6) is 0 Å². The fraction of sp³-hybridized carbons (Fsp3) is 0.600. The molecule has 4 heteroatoms. The van der Waals surface area contributed by atoms with Gasteiger partial charge in [-0.2, -0.15) is 0 Å².